The van der Waals surface area contributed by atoms with Gasteiger partial charge in [-0.3, -0.25) is 4.79 Å². The van der Waals surface area contributed by atoms with E-state index in [2.05, 4.69) is 10.3 Å². The first-order valence-corrected chi connectivity index (χ1v) is 7.45. The minimum atomic E-state index is -0.101. The molecule has 0 bridgehead atoms. The van der Waals surface area contributed by atoms with Gasteiger partial charge in [-0.1, -0.05) is 24.3 Å². The molecule has 0 aliphatic heterocycles. The molecule has 0 radical (unpaired) electrons. The summed E-state index contributed by atoms with van der Waals surface area (Å²) in [6.45, 7) is 5.77. The first-order valence-electron chi connectivity index (χ1n) is 7.45. The van der Waals surface area contributed by atoms with Gasteiger partial charge < -0.3 is 9.73 Å². The number of benzene rings is 2. The van der Waals surface area contributed by atoms with Crippen molar-refractivity contribution >= 4 is 11.6 Å². The minimum absolute atomic E-state index is 0.101. The lowest BCUT2D eigenvalue weighted by Crippen LogP contribution is -2.13. The van der Waals surface area contributed by atoms with Crippen LogP contribution in [0.1, 0.15) is 27.4 Å². The Morgan fingerprint density at radius 2 is 1.78 bits per heavy atom. The average molecular weight is 306 g/mol. The molecule has 4 heteroatoms. The Morgan fingerprint density at radius 1 is 1.04 bits per heavy atom. The number of carbonyl (C=O) groups is 1. The molecule has 3 rings (SSSR count). The second-order valence-corrected chi connectivity index (χ2v) is 5.53. The molecule has 1 amide bonds. The molecule has 0 atom stereocenters. The molecule has 23 heavy (non-hydrogen) atoms. The van der Waals surface area contributed by atoms with Crippen molar-refractivity contribution in [1.82, 2.24) is 4.98 Å². The van der Waals surface area contributed by atoms with Crippen LogP contribution in [0.3, 0.4) is 0 Å². The number of rotatable bonds is 3. The molecule has 1 N–H and O–H groups in total. The van der Waals surface area contributed by atoms with Gasteiger partial charge in [0.15, 0.2) is 5.89 Å². The van der Waals surface area contributed by atoms with E-state index in [4.69, 9.17) is 4.42 Å². The van der Waals surface area contributed by atoms with Crippen LogP contribution in [0.15, 0.2) is 53.1 Å². The fourth-order valence-electron chi connectivity index (χ4n) is 2.42. The van der Waals surface area contributed by atoms with Gasteiger partial charge in [0, 0.05) is 23.7 Å². The van der Waals surface area contributed by atoms with E-state index in [0.29, 0.717) is 11.5 Å². The summed E-state index contributed by atoms with van der Waals surface area (Å²) in [5.41, 5.74) is 5.29. The third kappa shape index (κ3) is 3.16. The number of aryl methyl sites for hydroxylation is 2. The SMILES string of the molecule is Cc1nc(-c2ccc(NC(=O)c3cccc(C)c3C)cc2)co1. The Morgan fingerprint density at radius 3 is 2.43 bits per heavy atom. The van der Waals surface area contributed by atoms with Crippen molar-refractivity contribution in [1.29, 1.82) is 0 Å². The van der Waals surface area contributed by atoms with Gasteiger partial charge in [-0.25, -0.2) is 4.98 Å². The molecule has 1 heterocycles. The molecular formula is C19H18N2O2. The maximum absolute atomic E-state index is 12.4. The maximum Gasteiger partial charge on any atom is 0.255 e. The van der Waals surface area contributed by atoms with E-state index in [9.17, 15) is 4.79 Å². The molecule has 3 aromatic rings. The van der Waals surface area contributed by atoms with Gasteiger partial charge in [-0.15, -0.1) is 0 Å². The highest BCUT2D eigenvalue weighted by Crippen LogP contribution is 2.21. The fourth-order valence-corrected chi connectivity index (χ4v) is 2.42. The predicted molar refractivity (Wildman–Crippen MR) is 90.5 cm³/mol. The molecule has 0 fully saturated rings. The first-order chi connectivity index (χ1) is 11.0. The monoisotopic (exact) mass is 306 g/mol. The van der Waals surface area contributed by atoms with Crippen LogP contribution in [0.2, 0.25) is 0 Å². The highest BCUT2D eigenvalue weighted by atomic mass is 16.3. The van der Waals surface area contributed by atoms with Gasteiger partial charge in [0.25, 0.3) is 5.91 Å². The molecule has 0 saturated carbocycles. The molecule has 0 saturated heterocycles. The van der Waals surface area contributed by atoms with Crippen molar-refractivity contribution in [2.45, 2.75) is 20.8 Å². The van der Waals surface area contributed by atoms with E-state index < -0.39 is 0 Å². The Bertz CT molecular complexity index is 848. The number of nitrogens with one attached hydrogen (secondary N) is 1. The second-order valence-electron chi connectivity index (χ2n) is 5.53. The topological polar surface area (TPSA) is 55.1 Å². The molecular weight excluding hydrogens is 288 g/mol. The Labute approximate surface area is 135 Å². The van der Waals surface area contributed by atoms with Crippen LogP contribution in [-0.2, 0) is 0 Å². The van der Waals surface area contributed by atoms with Crippen LogP contribution in [0.25, 0.3) is 11.3 Å². The number of amides is 1. The van der Waals surface area contributed by atoms with Gasteiger partial charge in [-0.05, 0) is 43.2 Å². The lowest BCUT2D eigenvalue weighted by molar-refractivity contribution is 0.102. The number of oxazole rings is 1. The predicted octanol–water partition coefficient (Wildman–Crippen LogP) is 4.52. The Kier molecular flexibility index (Phi) is 3.98. The quantitative estimate of drug-likeness (QED) is 0.774. The number of carbonyl (C=O) groups excluding carboxylic acids is 1. The Hall–Kier alpha value is -2.88. The van der Waals surface area contributed by atoms with Crippen LogP contribution >= 0.6 is 0 Å². The molecule has 0 aliphatic rings. The van der Waals surface area contributed by atoms with Gasteiger partial charge in [0.2, 0.25) is 0 Å². The summed E-state index contributed by atoms with van der Waals surface area (Å²) in [5, 5.41) is 2.93. The largest absolute Gasteiger partial charge is 0.449 e. The number of nitrogens with zero attached hydrogens (tertiary/aromatic N) is 1. The first kappa shape index (κ1) is 15.0. The maximum atomic E-state index is 12.4. The summed E-state index contributed by atoms with van der Waals surface area (Å²) in [5.74, 6) is 0.531. The van der Waals surface area contributed by atoms with E-state index in [1.54, 1.807) is 6.26 Å². The van der Waals surface area contributed by atoms with Crippen molar-refractivity contribution < 1.29 is 9.21 Å². The molecule has 0 spiro atoms. The van der Waals surface area contributed by atoms with Crippen molar-refractivity contribution in [2.75, 3.05) is 5.32 Å². The third-order valence-electron chi connectivity index (χ3n) is 3.91. The zero-order chi connectivity index (χ0) is 16.4. The third-order valence-corrected chi connectivity index (χ3v) is 3.91. The van der Waals surface area contributed by atoms with E-state index >= 15 is 0 Å². The van der Waals surface area contributed by atoms with Crippen LogP contribution in [-0.4, -0.2) is 10.9 Å². The summed E-state index contributed by atoms with van der Waals surface area (Å²) in [4.78, 5) is 16.7. The van der Waals surface area contributed by atoms with E-state index in [0.717, 1.165) is 28.1 Å². The highest BCUT2D eigenvalue weighted by molar-refractivity contribution is 6.05. The molecule has 4 nitrogen and oxygen atoms in total. The normalized spacial score (nSPS) is 10.6. The van der Waals surface area contributed by atoms with Crippen LogP contribution < -0.4 is 5.32 Å². The summed E-state index contributed by atoms with van der Waals surface area (Å²) in [6, 6.07) is 13.3. The average Bonchev–Trinajstić information content (AvgIpc) is 2.97. The summed E-state index contributed by atoms with van der Waals surface area (Å²) in [7, 11) is 0. The number of aromatic nitrogens is 1. The van der Waals surface area contributed by atoms with E-state index in [1.807, 2.05) is 63.2 Å². The van der Waals surface area contributed by atoms with Crippen molar-refractivity contribution in [3.05, 3.63) is 71.3 Å². The molecule has 116 valence electrons. The number of anilines is 1. The van der Waals surface area contributed by atoms with E-state index in [-0.39, 0.29) is 5.91 Å². The zero-order valence-electron chi connectivity index (χ0n) is 13.4. The number of hydrogen-bond donors (Lipinski definition) is 1. The zero-order valence-corrected chi connectivity index (χ0v) is 13.4. The summed E-state index contributed by atoms with van der Waals surface area (Å²) >= 11 is 0. The van der Waals surface area contributed by atoms with Gasteiger partial charge in [0.05, 0.1) is 0 Å². The van der Waals surface area contributed by atoms with Crippen molar-refractivity contribution in [3.63, 3.8) is 0 Å². The smallest absolute Gasteiger partial charge is 0.255 e. The summed E-state index contributed by atoms with van der Waals surface area (Å²) in [6.07, 6.45) is 1.62. The highest BCUT2D eigenvalue weighted by Gasteiger charge is 2.10. The van der Waals surface area contributed by atoms with Crippen LogP contribution in [0.5, 0.6) is 0 Å². The molecule has 2 aromatic carbocycles. The van der Waals surface area contributed by atoms with Gasteiger partial charge >= 0.3 is 0 Å². The molecule has 0 unspecified atom stereocenters. The fraction of sp³-hybridized carbons (Fsp3) is 0.158. The lowest BCUT2D eigenvalue weighted by atomic mass is 10.0. The van der Waals surface area contributed by atoms with Gasteiger partial charge in [0.1, 0.15) is 12.0 Å². The lowest BCUT2D eigenvalue weighted by Gasteiger charge is -2.09. The minimum Gasteiger partial charge on any atom is -0.449 e. The van der Waals surface area contributed by atoms with Gasteiger partial charge in [-0.2, -0.15) is 0 Å². The number of hydrogen-bond acceptors (Lipinski definition) is 3. The molecule has 0 aliphatic carbocycles. The van der Waals surface area contributed by atoms with Crippen molar-refractivity contribution in [3.8, 4) is 11.3 Å². The van der Waals surface area contributed by atoms with E-state index in [1.165, 1.54) is 0 Å². The Balaban J connectivity index is 1.78. The second kappa shape index (κ2) is 6.08. The van der Waals surface area contributed by atoms with Crippen LogP contribution in [0.4, 0.5) is 5.69 Å². The standard InChI is InChI=1S/C19H18N2O2/c1-12-5-4-6-17(13(12)2)19(22)21-16-9-7-15(8-10-16)18-11-23-14(3)20-18/h4-11H,1-3H3,(H,21,22). The molecule has 1 aromatic heterocycles. The summed E-state index contributed by atoms with van der Waals surface area (Å²) < 4.78 is 5.22. The van der Waals surface area contributed by atoms with Crippen LogP contribution in [0, 0.1) is 20.8 Å². The van der Waals surface area contributed by atoms with Crippen molar-refractivity contribution in [2.24, 2.45) is 0 Å².